The average Bonchev–Trinajstić information content (AvgIpc) is 2.89. The predicted molar refractivity (Wildman–Crippen MR) is 69.5 cm³/mol. The molecule has 1 amide bonds. The Morgan fingerprint density at radius 3 is 2.79 bits per heavy atom. The van der Waals surface area contributed by atoms with Gasteiger partial charge in [0.15, 0.2) is 0 Å². The number of amides is 1. The minimum Gasteiger partial charge on any atom is -0.322 e. The van der Waals surface area contributed by atoms with Crippen LogP contribution in [0.2, 0.25) is 0 Å². The fourth-order valence-corrected chi connectivity index (χ4v) is 1.87. The molecule has 3 aromatic rings. The molecule has 5 heteroatoms. The Morgan fingerprint density at radius 2 is 2.00 bits per heavy atom. The molecule has 1 N–H and O–H groups in total. The van der Waals surface area contributed by atoms with E-state index in [1.807, 2.05) is 6.20 Å². The number of benzene rings is 1. The third-order valence-corrected chi connectivity index (χ3v) is 2.80. The standard InChI is InChI=1S/C14H10FN3O/c15-10-3-5-11(6-4-10)17-14(19)12-2-1-7-18-9-16-8-13(12)18/h1-9H,(H,17,19). The van der Waals surface area contributed by atoms with Gasteiger partial charge in [0.25, 0.3) is 5.91 Å². The maximum atomic E-state index is 12.8. The van der Waals surface area contributed by atoms with E-state index in [0.29, 0.717) is 11.3 Å². The van der Waals surface area contributed by atoms with Gasteiger partial charge in [0, 0.05) is 11.9 Å². The first kappa shape index (κ1) is 11.4. The van der Waals surface area contributed by atoms with Crippen LogP contribution in [0, 0.1) is 5.82 Å². The summed E-state index contributed by atoms with van der Waals surface area (Å²) in [6.45, 7) is 0. The van der Waals surface area contributed by atoms with E-state index >= 15 is 0 Å². The summed E-state index contributed by atoms with van der Waals surface area (Å²) in [5, 5.41) is 2.72. The molecule has 1 aromatic carbocycles. The molecule has 2 heterocycles. The lowest BCUT2D eigenvalue weighted by atomic mass is 10.2. The number of fused-ring (bicyclic) bond motifs is 1. The smallest absolute Gasteiger partial charge is 0.257 e. The van der Waals surface area contributed by atoms with Gasteiger partial charge >= 0.3 is 0 Å². The molecule has 4 nitrogen and oxygen atoms in total. The lowest BCUT2D eigenvalue weighted by Gasteiger charge is -2.06. The largest absolute Gasteiger partial charge is 0.322 e. The van der Waals surface area contributed by atoms with E-state index < -0.39 is 0 Å². The highest BCUT2D eigenvalue weighted by molar-refractivity contribution is 6.08. The molecule has 0 aliphatic heterocycles. The molecule has 0 fully saturated rings. The third-order valence-electron chi connectivity index (χ3n) is 2.80. The van der Waals surface area contributed by atoms with Crippen molar-refractivity contribution in [1.29, 1.82) is 0 Å². The zero-order chi connectivity index (χ0) is 13.2. The Labute approximate surface area is 108 Å². The summed E-state index contributed by atoms with van der Waals surface area (Å²) in [7, 11) is 0. The number of halogens is 1. The minimum atomic E-state index is -0.337. The quantitative estimate of drug-likeness (QED) is 0.765. The van der Waals surface area contributed by atoms with E-state index in [2.05, 4.69) is 10.3 Å². The summed E-state index contributed by atoms with van der Waals surface area (Å²) in [5.74, 6) is -0.589. The highest BCUT2D eigenvalue weighted by Crippen LogP contribution is 2.14. The number of rotatable bonds is 2. The van der Waals surface area contributed by atoms with E-state index in [9.17, 15) is 9.18 Å². The molecule has 0 saturated carbocycles. The number of aromatic nitrogens is 2. The van der Waals surface area contributed by atoms with Crippen LogP contribution in [0.1, 0.15) is 10.4 Å². The summed E-state index contributed by atoms with van der Waals surface area (Å²) < 4.78 is 14.6. The van der Waals surface area contributed by atoms with Gasteiger partial charge < -0.3 is 9.72 Å². The number of nitrogens with one attached hydrogen (secondary N) is 1. The molecule has 19 heavy (non-hydrogen) atoms. The molecule has 0 radical (unpaired) electrons. The first-order valence-corrected chi connectivity index (χ1v) is 5.71. The predicted octanol–water partition coefficient (Wildman–Crippen LogP) is 2.73. The fourth-order valence-electron chi connectivity index (χ4n) is 1.87. The summed E-state index contributed by atoms with van der Waals surface area (Å²) in [6, 6.07) is 9.13. The molecular weight excluding hydrogens is 245 g/mol. The van der Waals surface area contributed by atoms with Crippen LogP contribution in [-0.4, -0.2) is 15.3 Å². The van der Waals surface area contributed by atoms with Crippen LogP contribution >= 0.6 is 0 Å². The Bertz CT molecular complexity index is 734. The average molecular weight is 255 g/mol. The van der Waals surface area contributed by atoms with Crippen molar-refractivity contribution in [3.8, 4) is 0 Å². The number of hydrogen-bond acceptors (Lipinski definition) is 2. The van der Waals surface area contributed by atoms with E-state index in [-0.39, 0.29) is 11.7 Å². The summed E-state index contributed by atoms with van der Waals surface area (Å²) in [5.41, 5.74) is 1.79. The maximum Gasteiger partial charge on any atom is 0.257 e. The van der Waals surface area contributed by atoms with Gasteiger partial charge in [-0.2, -0.15) is 0 Å². The van der Waals surface area contributed by atoms with Gasteiger partial charge in [-0.15, -0.1) is 0 Å². The number of carbonyl (C=O) groups is 1. The molecule has 94 valence electrons. The van der Waals surface area contributed by atoms with Crippen LogP contribution in [0.25, 0.3) is 5.52 Å². The zero-order valence-corrected chi connectivity index (χ0v) is 9.88. The van der Waals surface area contributed by atoms with Crippen LogP contribution in [0.15, 0.2) is 55.1 Å². The van der Waals surface area contributed by atoms with Crippen molar-refractivity contribution in [3.63, 3.8) is 0 Å². The molecule has 0 bridgehead atoms. The Morgan fingerprint density at radius 1 is 1.21 bits per heavy atom. The van der Waals surface area contributed by atoms with Gasteiger partial charge in [-0.3, -0.25) is 4.79 Å². The van der Waals surface area contributed by atoms with Gasteiger partial charge in [0.05, 0.1) is 23.6 Å². The lowest BCUT2D eigenvalue weighted by molar-refractivity contribution is 0.102. The van der Waals surface area contributed by atoms with E-state index in [4.69, 9.17) is 0 Å². The molecule has 0 unspecified atom stereocenters. The summed E-state index contributed by atoms with van der Waals surface area (Å²) in [6.07, 6.45) is 5.07. The van der Waals surface area contributed by atoms with Crippen LogP contribution in [-0.2, 0) is 0 Å². The normalized spacial score (nSPS) is 10.6. The molecular formula is C14H10FN3O. The van der Waals surface area contributed by atoms with Crippen LogP contribution in [0.5, 0.6) is 0 Å². The molecule has 0 aliphatic rings. The number of anilines is 1. The van der Waals surface area contributed by atoms with Crippen molar-refractivity contribution in [2.24, 2.45) is 0 Å². The van der Waals surface area contributed by atoms with Crippen molar-refractivity contribution in [2.45, 2.75) is 0 Å². The van der Waals surface area contributed by atoms with E-state index in [0.717, 1.165) is 5.52 Å². The molecule has 0 atom stereocenters. The van der Waals surface area contributed by atoms with Crippen LogP contribution in [0.3, 0.4) is 0 Å². The first-order valence-electron chi connectivity index (χ1n) is 5.71. The summed E-state index contributed by atoms with van der Waals surface area (Å²) >= 11 is 0. The van der Waals surface area contributed by atoms with Gasteiger partial charge in [-0.1, -0.05) is 0 Å². The number of nitrogens with zero attached hydrogens (tertiary/aromatic N) is 2. The van der Waals surface area contributed by atoms with Crippen molar-refractivity contribution < 1.29 is 9.18 Å². The monoisotopic (exact) mass is 255 g/mol. The van der Waals surface area contributed by atoms with E-state index in [1.165, 1.54) is 24.3 Å². The van der Waals surface area contributed by atoms with Crippen molar-refractivity contribution in [2.75, 3.05) is 5.32 Å². The lowest BCUT2D eigenvalue weighted by Crippen LogP contribution is -2.12. The molecule has 0 saturated heterocycles. The number of hydrogen-bond donors (Lipinski definition) is 1. The van der Waals surface area contributed by atoms with Crippen LogP contribution in [0.4, 0.5) is 10.1 Å². The second kappa shape index (κ2) is 4.53. The van der Waals surface area contributed by atoms with Gasteiger partial charge in [-0.05, 0) is 36.4 Å². The third kappa shape index (κ3) is 2.18. The molecule has 0 spiro atoms. The van der Waals surface area contributed by atoms with Crippen molar-refractivity contribution in [1.82, 2.24) is 9.38 Å². The Kier molecular flexibility index (Phi) is 2.72. The van der Waals surface area contributed by atoms with Crippen LogP contribution < -0.4 is 5.32 Å². The Balaban J connectivity index is 1.92. The Hall–Kier alpha value is -2.69. The van der Waals surface area contributed by atoms with Crippen molar-refractivity contribution >= 4 is 17.1 Å². The molecule has 0 aliphatic carbocycles. The molecule has 2 aromatic heterocycles. The number of pyridine rings is 1. The zero-order valence-electron chi connectivity index (χ0n) is 9.88. The second-order valence-electron chi connectivity index (χ2n) is 4.07. The topological polar surface area (TPSA) is 46.4 Å². The number of carbonyl (C=O) groups excluding carboxylic acids is 1. The SMILES string of the molecule is O=C(Nc1ccc(F)cc1)c1cccn2cncc12. The first-order chi connectivity index (χ1) is 9.24. The number of imidazole rings is 1. The van der Waals surface area contributed by atoms with Crippen molar-refractivity contribution in [3.05, 3.63) is 66.5 Å². The minimum absolute atomic E-state index is 0.252. The van der Waals surface area contributed by atoms with Gasteiger partial charge in [-0.25, -0.2) is 9.37 Å². The fraction of sp³-hybridized carbons (Fsp3) is 0. The summed E-state index contributed by atoms with van der Waals surface area (Å²) in [4.78, 5) is 16.2. The molecule has 3 rings (SSSR count). The van der Waals surface area contributed by atoms with E-state index in [1.54, 1.807) is 29.1 Å². The highest BCUT2D eigenvalue weighted by atomic mass is 19.1. The van der Waals surface area contributed by atoms with Gasteiger partial charge in [0.2, 0.25) is 0 Å². The second-order valence-corrected chi connectivity index (χ2v) is 4.07. The highest BCUT2D eigenvalue weighted by Gasteiger charge is 2.10. The maximum absolute atomic E-state index is 12.8. The van der Waals surface area contributed by atoms with Gasteiger partial charge in [0.1, 0.15) is 5.82 Å².